The predicted molar refractivity (Wildman–Crippen MR) is 102 cm³/mol. The minimum absolute atomic E-state index is 0.0390. The first-order valence-electron chi connectivity index (χ1n) is 8.80. The van der Waals surface area contributed by atoms with Gasteiger partial charge in [-0.3, -0.25) is 9.59 Å². The van der Waals surface area contributed by atoms with Crippen molar-refractivity contribution in [2.75, 3.05) is 18.4 Å². The maximum atomic E-state index is 12.4. The molecule has 0 bridgehead atoms. The van der Waals surface area contributed by atoms with Crippen molar-refractivity contribution in [1.82, 2.24) is 10.6 Å². The average Bonchev–Trinajstić information content (AvgIpc) is 3.12. The molecular formula is C20H24N4O2. The van der Waals surface area contributed by atoms with E-state index in [1.807, 2.05) is 42.5 Å². The molecule has 26 heavy (non-hydrogen) atoms. The first kappa shape index (κ1) is 18.1. The first-order valence-corrected chi connectivity index (χ1v) is 8.80. The molecule has 5 N–H and O–H groups in total. The lowest BCUT2D eigenvalue weighted by Crippen LogP contribution is -2.39. The van der Waals surface area contributed by atoms with Gasteiger partial charge in [0.25, 0.3) is 0 Å². The van der Waals surface area contributed by atoms with Crippen molar-refractivity contribution in [1.29, 1.82) is 0 Å². The predicted octanol–water partition coefficient (Wildman–Crippen LogP) is 1.02. The Labute approximate surface area is 153 Å². The van der Waals surface area contributed by atoms with Crippen molar-refractivity contribution in [2.45, 2.75) is 24.9 Å². The third-order valence-corrected chi connectivity index (χ3v) is 4.47. The van der Waals surface area contributed by atoms with Gasteiger partial charge in [0, 0.05) is 18.3 Å². The van der Waals surface area contributed by atoms with Crippen LogP contribution in [0.25, 0.3) is 0 Å². The van der Waals surface area contributed by atoms with Gasteiger partial charge in [0.15, 0.2) is 0 Å². The Hall–Kier alpha value is -2.70. The topological polar surface area (TPSA) is 96.2 Å². The van der Waals surface area contributed by atoms with Crippen LogP contribution in [0.1, 0.15) is 17.5 Å². The summed E-state index contributed by atoms with van der Waals surface area (Å²) in [6, 6.07) is 17.8. The van der Waals surface area contributed by atoms with Crippen LogP contribution in [0.4, 0.5) is 5.69 Å². The number of anilines is 1. The van der Waals surface area contributed by atoms with E-state index in [0.29, 0.717) is 13.0 Å². The summed E-state index contributed by atoms with van der Waals surface area (Å²) in [4.78, 5) is 23.7. The Morgan fingerprint density at radius 3 is 2.42 bits per heavy atom. The second-order valence-corrected chi connectivity index (χ2v) is 6.51. The molecule has 3 rings (SSSR count). The molecule has 0 aromatic heterocycles. The molecular weight excluding hydrogens is 328 g/mol. The van der Waals surface area contributed by atoms with Crippen LogP contribution in [0.3, 0.4) is 0 Å². The third-order valence-electron chi connectivity index (χ3n) is 4.47. The van der Waals surface area contributed by atoms with E-state index in [4.69, 9.17) is 5.73 Å². The zero-order valence-electron chi connectivity index (χ0n) is 14.6. The molecule has 0 spiro atoms. The monoisotopic (exact) mass is 352 g/mol. The number of carbonyl (C=O) groups is 2. The lowest BCUT2D eigenvalue weighted by Gasteiger charge is -2.13. The number of amides is 2. The van der Waals surface area contributed by atoms with Crippen molar-refractivity contribution < 1.29 is 9.59 Å². The number of hydrogen-bond acceptors (Lipinski definition) is 4. The van der Waals surface area contributed by atoms with Gasteiger partial charge in [-0.15, -0.1) is 0 Å². The molecule has 0 radical (unpaired) electrons. The van der Waals surface area contributed by atoms with Crippen molar-refractivity contribution in [3.8, 4) is 0 Å². The van der Waals surface area contributed by atoms with E-state index in [9.17, 15) is 9.59 Å². The van der Waals surface area contributed by atoms with Gasteiger partial charge >= 0.3 is 0 Å². The Kier molecular flexibility index (Phi) is 5.99. The molecule has 0 saturated carbocycles. The van der Waals surface area contributed by atoms with E-state index in [2.05, 4.69) is 28.1 Å². The molecule has 6 nitrogen and oxygen atoms in total. The number of benzene rings is 2. The second kappa shape index (κ2) is 8.60. The fourth-order valence-electron chi connectivity index (χ4n) is 3.10. The van der Waals surface area contributed by atoms with E-state index < -0.39 is 0 Å². The van der Waals surface area contributed by atoms with Gasteiger partial charge < -0.3 is 21.7 Å². The summed E-state index contributed by atoms with van der Waals surface area (Å²) in [6.07, 6.45) is 1.42. The van der Waals surface area contributed by atoms with Crippen LogP contribution in [0.15, 0.2) is 54.6 Å². The maximum absolute atomic E-state index is 12.4. The molecule has 6 heteroatoms. The van der Waals surface area contributed by atoms with E-state index in [0.717, 1.165) is 12.1 Å². The second-order valence-electron chi connectivity index (χ2n) is 6.51. The highest BCUT2D eigenvalue weighted by atomic mass is 16.2. The zero-order valence-corrected chi connectivity index (χ0v) is 14.6. The molecule has 1 saturated heterocycles. The van der Waals surface area contributed by atoms with Gasteiger partial charge in [-0.05, 0) is 36.1 Å². The Morgan fingerprint density at radius 2 is 1.73 bits per heavy atom. The maximum Gasteiger partial charge on any atom is 0.241 e. The van der Waals surface area contributed by atoms with E-state index in [-0.39, 0.29) is 30.4 Å². The fourth-order valence-corrected chi connectivity index (χ4v) is 3.10. The normalized spacial score (nSPS) is 19.1. The molecule has 2 atom stereocenters. The molecule has 2 amide bonds. The quantitative estimate of drug-likeness (QED) is 0.624. The molecule has 2 aromatic carbocycles. The fraction of sp³-hybridized carbons (Fsp3) is 0.300. The standard InChI is InChI=1S/C20H24N4O2/c21-12-19(25)23-17-11-18(22-13-17)20(26)24-16-8-6-15(7-9-16)10-14-4-2-1-3-5-14/h1-9,17-18,22H,10-13,21H2,(H,23,25)(H,24,26)/t17?,18-/m0/s1. The molecule has 1 unspecified atom stereocenters. The third kappa shape index (κ3) is 4.91. The van der Waals surface area contributed by atoms with Gasteiger partial charge in [-0.1, -0.05) is 42.5 Å². The minimum atomic E-state index is -0.318. The molecule has 1 aliphatic rings. The molecule has 1 fully saturated rings. The van der Waals surface area contributed by atoms with Crippen molar-refractivity contribution >= 4 is 17.5 Å². The molecule has 0 aliphatic carbocycles. The number of nitrogens with two attached hydrogens (primary N) is 1. The van der Waals surface area contributed by atoms with Gasteiger partial charge in [0.2, 0.25) is 11.8 Å². The minimum Gasteiger partial charge on any atom is -0.351 e. The lowest BCUT2D eigenvalue weighted by molar-refractivity contribution is -0.121. The number of rotatable bonds is 6. The van der Waals surface area contributed by atoms with Crippen LogP contribution < -0.4 is 21.7 Å². The Balaban J connectivity index is 1.51. The Morgan fingerprint density at radius 1 is 1.04 bits per heavy atom. The van der Waals surface area contributed by atoms with Crippen molar-refractivity contribution in [2.24, 2.45) is 5.73 Å². The summed E-state index contributed by atoms with van der Waals surface area (Å²) in [5.41, 5.74) is 8.51. The summed E-state index contributed by atoms with van der Waals surface area (Å²) >= 11 is 0. The Bertz CT molecular complexity index is 746. The van der Waals surface area contributed by atoms with Crippen LogP contribution in [-0.2, 0) is 16.0 Å². The van der Waals surface area contributed by atoms with Gasteiger partial charge in [0.1, 0.15) is 0 Å². The van der Waals surface area contributed by atoms with E-state index >= 15 is 0 Å². The van der Waals surface area contributed by atoms with Gasteiger partial charge in [0.05, 0.1) is 12.6 Å². The summed E-state index contributed by atoms with van der Waals surface area (Å²) < 4.78 is 0. The van der Waals surface area contributed by atoms with Crippen LogP contribution in [0, 0.1) is 0 Å². The van der Waals surface area contributed by atoms with Crippen LogP contribution in [0.5, 0.6) is 0 Å². The molecule has 2 aromatic rings. The van der Waals surface area contributed by atoms with Gasteiger partial charge in [-0.25, -0.2) is 0 Å². The summed E-state index contributed by atoms with van der Waals surface area (Å²) in [6.45, 7) is 0.530. The first-order chi connectivity index (χ1) is 12.6. The smallest absolute Gasteiger partial charge is 0.241 e. The van der Waals surface area contributed by atoms with Crippen molar-refractivity contribution in [3.63, 3.8) is 0 Å². The lowest BCUT2D eigenvalue weighted by atomic mass is 10.0. The molecule has 136 valence electrons. The average molecular weight is 352 g/mol. The van der Waals surface area contributed by atoms with E-state index in [1.54, 1.807) is 0 Å². The number of carbonyl (C=O) groups excluding carboxylic acids is 2. The van der Waals surface area contributed by atoms with Crippen LogP contribution in [-0.4, -0.2) is 37.0 Å². The summed E-state index contributed by atoms with van der Waals surface area (Å²) in [5, 5.41) is 8.86. The summed E-state index contributed by atoms with van der Waals surface area (Å²) in [7, 11) is 0. The number of nitrogens with one attached hydrogen (secondary N) is 3. The van der Waals surface area contributed by atoms with Crippen LogP contribution in [0.2, 0.25) is 0 Å². The largest absolute Gasteiger partial charge is 0.351 e. The highest BCUT2D eigenvalue weighted by Crippen LogP contribution is 2.15. The highest BCUT2D eigenvalue weighted by molar-refractivity contribution is 5.95. The van der Waals surface area contributed by atoms with E-state index in [1.165, 1.54) is 11.1 Å². The SMILES string of the molecule is NCC(=O)NC1CN[C@H](C(=O)Nc2ccc(Cc3ccccc3)cc2)C1. The number of hydrogen-bond donors (Lipinski definition) is 4. The summed E-state index contributed by atoms with van der Waals surface area (Å²) in [5.74, 6) is -0.294. The van der Waals surface area contributed by atoms with Crippen LogP contribution >= 0.6 is 0 Å². The zero-order chi connectivity index (χ0) is 18.4. The molecule has 1 heterocycles. The highest BCUT2D eigenvalue weighted by Gasteiger charge is 2.30. The van der Waals surface area contributed by atoms with Gasteiger partial charge in [-0.2, -0.15) is 0 Å². The van der Waals surface area contributed by atoms with Crippen molar-refractivity contribution in [3.05, 3.63) is 65.7 Å². The molecule has 1 aliphatic heterocycles.